The van der Waals surface area contributed by atoms with Crippen LogP contribution in [0.1, 0.15) is 37.2 Å². The Labute approximate surface area is 103 Å². The quantitative estimate of drug-likeness (QED) is 0.795. The first-order valence-corrected chi connectivity index (χ1v) is 6.14. The molecule has 0 aliphatic rings. The molecule has 94 valence electrons. The van der Waals surface area contributed by atoms with Gasteiger partial charge in [0.25, 0.3) is 5.91 Å². The van der Waals surface area contributed by atoms with Crippen molar-refractivity contribution in [2.24, 2.45) is 5.92 Å². The van der Waals surface area contributed by atoms with Gasteiger partial charge in [0.15, 0.2) is 0 Å². The highest BCUT2D eigenvalue weighted by Gasteiger charge is 2.09. The van der Waals surface area contributed by atoms with Crippen LogP contribution in [-0.4, -0.2) is 24.5 Å². The lowest BCUT2D eigenvalue weighted by Crippen LogP contribution is -2.29. The third kappa shape index (κ3) is 4.06. The van der Waals surface area contributed by atoms with Gasteiger partial charge in [0.2, 0.25) is 0 Å². The molecule has 0 unspecified atom stereocenters. The summed E-state index contributed by atoms with van der Waals surface area (Å²) in [7, 11) is 1.79. The van der Waals surface area contributed by atoms with Gasteiger partial charge in [0, 0.05) is 13.6 Å². The summed E-state index contributed by atoms with van der Waals surface area (Å²) in [4.78, 5) is 16.0. The zero-order chi connectivity index (χ0) is 12.7. The molecule has 1 aromatic rings. The zero-order valence-corrected chi connectivity index (χ0v) is 10.8. The lowest BCUT2D eigenvalue weighted by molar-refractivity contribution is 0.0941. The number of rotatable bonds is 6. The second kappa shape index (κ2) is 6.89. The maximum Gasteiger partial charge on any atom is 0.269 e. The molecule has 0 saturated carbocycles. The Kier molecular flexibility index (Phi) is 5.46. The van der Waals surface area contributed by atoms with Crippen LogP contribution in [0, 0.1) is 5.92 Å². The maximum absolute atomic E-state index is 11.8. The molecule has 1 aromatic heterocycles. The van der Waals surface area contributed by atoms with Crippen molar-refractivity contribution in [1.82, 2.24) is 10.3 Å². The van der Waals surface area contributed by atoms with Crippen LogP contribution in [0.25, 0.3) is 0 Å². The number of carbonyl (C=O) groups is 1. The maximum atomic E-state index is 11.8. The number of carbonyl (C=O) groups excluding carboxylic acids is 1. The topological polar surface area (TPSA) is 54.0 Å². The summed E-state index contributed by atoms with van der Waals surface area (Å²) >= 11 is 0. The molecule has 0 radical (unpaired) electrons. The second-order valence-corrected chi connectivity index (χ2v) is 4.05. The van der Waals surface area contributed by atoms with Gasteiger partial charge >= 0.3 is 0 Å². The Morgan fingerprint density at radius 3 is 2.65 bits per heavy atom. The minimum atomic E-state index is -0.103. The summed E-state index contributed by atoms with van der Waals surface area (Å²) < 4.78 is 0. The van der Waals surface area contributed by atoms with Crippen LogP contribution >= 0.6 is 0 Å². The molecule has 1 rings (SSSR count). The summed E-state index contributed by atoms with van der Waals surface area (Å²) in [6, 6.07) is 5.38. The van der Waals surface area contributed by atoms with Gasteiger partial charge < -0.3 is 10.6 Å². The van der Waals surface area contributed by atoms with E-state index >= 15 is 0 Å². The first kappa shape index (κ1) is 13.5. The van der Waals surface area contributed by atoms with E-state index in [2.05, 4.69) is 29.5 Å². The Bertz CT molecular complexity index is 361. The monoisotopic (exact) mass is 235 g/mol. The van der Waals surface area contributed by atoms with Crippen molar-refractivity contribution in [3.05, 3.63) is 23.9 Å². The lowest BCUT2D eigenvalue weighted by Gasteiger charge is -2.13. The number of pyridine rings is 1. The SMILES string of the molecule is CCC(CC)CNC(=O)c1cccc(NC)n1. The molecule has 0 aromatic carbocycles. The molecule has 0 aliphatic heterocycles. The Morgan fingerprint density at radius 2 is 2.06 bits per heavy atom. The number of hydrogen-bond donors (Lipinski definition) is 2. The van der Waals surface area contributed by atoms with Gasteiger partial charge in [-0.05, 0) is 18.1 Å². The van der Waals surface area contributed by atoms with Crippen LogP contribution in [0.15, 0.2) is 18.2 Å². The molecule has 1 amide bonds. The standard InChI is InChI=1S/C13H21N3O/c1-4-10(5-2)9-15-13(17)11-7-6-8-12(14-3)16-11/h6-8,10H,4-5,9H2,1-3H3,(H,14,16)(H,15,17). The first-order valence-electron chi connectivity index (χ1n) is 6.14. The fraction of sp³-hybridized carbons (Fsp3) is 0.538. The van der Waals surface area contributed by atoms with Gasteiger partial charge in [-0.15, -0.1) is 0 Å². The largest absolute Gasteiger partial charge is 0.373 e. The van der Waals surface area contributed by atoms with E-state index < -0.39 is 0 Å². The normalized spacial score (nSPS) is 10.4. The van der Waals surface area contributed by atoms with E-state index in [1.165, 1.54) is 0 Å². The van der Waals surface area contributed by atoms with Crippen LogP contribution in [0.2, 0.25) is 0 Å². The zero-order valence-electron chi connectivity index (χ0n) is 10.8. The van der Waals surface area contributed by atoms with Gasteiger partial charge in [-0.1, -0.05) is 32.8 Å². The van der Waals surface area contributed by atoms with Crippen LogP contribution in [0.4, 0.5) is 5.82 Å². The first-order chi connectivity index (χ1) is 8.21. The number of nitrogens with one attached hydrogen (secondary N) is 2. The van der Waals surface area contributed by atoms with Gasteiger partial charge in [0.1, 0.15) is 11.5 Å². The predicted molar refractivity (Wildman–Crippen MR) is 70.2 cm³/mol. The Hall–Kier alpha value is -1.58. The fourth-order valence-corrected chi connectivity index (χ4v) is 1.61. The summed E-state index contributed by atoms with van der Waals surface area (Å²) in [5, 5.41) is 5.84. The Balaban J connectivity index is 2.57. The molecule has 0 atom stereocenters. The average Bonchev–Trinajstić information content (AvgIpc) is 2.39. The van der Waals surface area contributed by atoms with E-state index in [0.29, 0.717) is 17.4 Å². The van der Waals surface area contributed by atoms with Crippen molar-refractivity contribution in [2.75, 3.05) is 18.9 Å². The Morgan fingerprint density at radius 1 is 1.35 bits per heavy atom. The third-order valence-corrected chi connectivity index (χ3v) is 2.94. The second-order valence-electron chi connectivity index (χ2n) is 4.05. The van der Waals surface area contributed by atoms with Crippen molar-refractivity contribution in [1.29, 1.82) is 0 Å². The molecule has 4 heteroatoms. The molecule has 17 heavy (non-hydrogen) atoms. The van der Waals surface area contributed by atoms with Gasteiger partial charge in [-0.2, -0.15) is 0 Å². The van der Waals surface area contributed by atoms with E-state index in [0.717, 1.165) is 19.4 Å². The van der Waals surface area contributed by atoms with Crippen LogP contribution < -0.4 is 10.6 Å². The highest BCUT2D eigenvalue weighted by Crippen LogP contribution is 2.07. The highest BCUT2D eigenvalue weighted by molar-refractivity contribution is 5.92. The summed E-state index contributed by atoms with van der Waals surface area (Å²) in [6.45, 7) is 5.00. The fourth-order valence-electron chi connectivity index (χ4n) is 1.61. The van der Waals surface area contributed by atoms with E-state index in [1.54, 1.807) is 13.1 Å². The molecule has 0 fully saturated rings. The minimum Gasteiger partial charge on any atom is -0.373 e. The van der Waals surface area contributed by atoms with Gasteiger partial charge in [-0.25, -0.2) is 4.98 Å². The van der Waals surface area contributed by atoms with E-state index in [-0.39, 0.29) is 5.91 Å². The molecule has 0 saturated heterocycles. The molecule has 2 N–H and O–H groups in total. The summed E-state index contributed by atoms with van der Waals surface area (Å²) in [5.74, 6) is 1.15. The molecular weight excluding hydrogens is 214 g/mol. The van der Waals surface area contributed by atoms with Crippen LogP contribution in [-0.2, 0) is 0 Å². The molecular formula is C13H21N3O. The van der Waals surface area contributed by atoms with Crippen LogP contribution in [0.5, 0.6) is 0 Å². The van der Waals surface area contributed by atoms with Gasteiger partial charge in [-0.3, -0.25) is 4.79 Å². The summed E-state index contributed by atoms with van der Waals surface area (Å²) in [6.07, 6.45) is 2.17. The number of anilines is 1. The van der Waals surface area contributed by atoms with Gasteiger partial charge in [0.05, 0.1) is 0 Å². The van der Waals surface area contributed by atoms with E-state index in [9.17, 15) is 4.79 Å². The number of nitrogens with zero attached hydrogens (tertiary/aromatic N) is 1. The van der Waals surface area contributed by atoms with Crippen molar-refractivity contribution >= 4 is 11.7 Å². The van der Waals surface area contributed by atoms with Crippen molar-refractivity contribution in [3.8, 4) is 0 Å². The lowest BCUT2D eigenvalue weighted by atomic mass is 10.0. The minimum absolute atomic E-state index is 0.103. The molecule has 4 nitrogen and oxygen atoms in total. The predicted octanol–water partition coefficient (Wildman–Crippen LogP) is 2.29. The highest BCUT2D eigenvalue weighted by atomic mass is 16.1. The van der Waals surface area contributed by atoms with Crippen molar-refractivity contribution < 1.29 is 4.79 Å². The number of aromatic nitrogens is 1. The smallest absolute Gasteiger partial charge is 0.269 e. The van der Waals surface area contributed by atoms with E-state index in [4.69, 9.17) is 0 Å². The average molecular weight is 235 g/mol. The number of amides is 1. The molecule has 1 heterocycles. The molecule has 0 spiro atoms. The summed E-state index contributed by atoms with van der Waals surface area (Å²) in [5.41, 5.74) is 0.461. The molecule has 0 bridgehead atoms. The van der Waals surface area contributed by atoms with Crippen LogP contribution in [0.3, 0.4) is 0 Å². The van der Waals surface area contributed by atoms with Crippen molar-refractivity contribution in [3.63, 3.8) is 0 Å². The number of hydrogen-bond acceptors (Lipinski definition) is 3. The third-order valence-electron chi connectivity index (χ3n) is 2.94. The van der Waals surface area contributed by atoms with Crippen molar-refractivity contribution in [2.45, 2.75) is 26.7 Å². The molecule has 0 aliphatic carbocycles. The van der Waals surface area contributed by atoms with E-state index in [1.807, 2.05) is 12.1 Å².